The van der Waals surface area contributed by atoms with Crippen LogP contribution in [0.3, 0.4) is 0 Å². The molecule has 0 amide bonds. The van der Waals surface area contributed by atoms with Crippen molar-refractivity contribution in [2.45, 2.75) is 19.3 Å². The molecular formula is C16H24IN3O2. The summed E-state index contributed by atoms with van der Waals surface area (Å²) in [6.45, 7) is 0.760. The van der Waals surface area contributed by atoms with Gasteiger partial charge in [0.2, 0.25) is 0 Å². The average Bonchev–Trinajstić information content (AvgIpc) is 2.53. The number of nitrogens with two attached hydrogens (primary N) is 1. The van der Waals surface area contributed by atoms with E-state index < -0.39 is 0 Å². The fraction of sp³-hybridized carbons (Fsp3) is 0.438. The molecule has 0 spiro atoms. The van der Waals surface area contributed by atoms with Gasteiger partial charge in [0, 0.05) is 18.3 Å². The van der Waals surface area contributed by atoms with Crippen molar-refractivity contribution in [3.05, 3.63) is 30.4 Å². The van der Waals surface area contributed by atoms with E-state index in [1.807, 2.05) is 18.2 Å². The van der Waals surface area contributed by atoms with Crippen LogP contribution in [0.5, 0.6) is 11.5 Å². The topological polar surface area (TPSA) is 68.9 Å². The number of methoxy groups -OCH3 is 2. The molecule has 0 radical (unpaired) electrons. The quantitative estimate of drug-likeness (QED) is 0.334. The summed E-state index contributed by atoms with van der Waals surface area (Å²) < 4.78 is 10.5. The second kappa shape index (κ2) is 9.55. The Morgan fingerprint density at radius 2 is 2.05 bits per heavy atom. The maximum atomic E-state index is 5.93. The largest absolute Gasteiger partial charge is 0.493 e. The number of aliphatic imine (C=N–C) groups is 1. The van der Waals surface area contributed by atoms with Crippen LogP contribution in [0, 0.1) is 5.92 Å². The lowest BCUT2D eigenvalue weighted by molar-refractivity contribution is 0.355. The molecule has 1 unspecified atom stereocenters. The summed E-state index contributed by atoms with van der Waals surface area (Å²) in [6.07, 6.45) is 7.87. The minimum atomic E-state index is 0. The summed E-state index contributed by atoms with van der Waals surface area (Å²) in [5.74, 6) is 2.37. The molecule has 5 nitrogen and oxygen atoms in total. The Hall–Kier alpha value is -1.44. The van der Waals surface area contributed by atoms with Crippen LogP contribution in [0.15, 0.2) is 35.3 Å². The number of hydrogen-bond acceptors (Lipinski definition) is 3. The Bertz CT molecular complexity index is 532. The summed E-state index contributed by atoms with van der Waals surface area (Å²) in [4.78, 5) is 4.42. The summed E-state index contributed by atoms with van der Waals surface area (Å²) in [6, 6.07) is 5.55. The number of nitrogens with zero attached hydrogens (tertiary/aromatic N) is 1. The fourth-order valence-electron chi connectivity index (χ4n) is 2.35. The summed E-state index contributed by atoms with van der Waals surface area (Å²) in [5.41, 5.74) is 6.76. The number of halogens is 1. The van der Waals surface area contributed by atoms with Gasteiger partial charge in [-0.15, -0.1) is 24.0 Å². The van der Waals surface area contributed by atoms with Gasteiger partial charge >= 0.3 is 0 Å². The minimum Gasteiger partial charge on any atom is -0.493 e. The summed E-state index contributed by atoms with van der Waals surface area (Å²) >= 11 is 0. The number of guanidine groups is 1. The molecule has 0 aromatic heterocycles. The van der Waals surface area contributed by atoms with E-state index in [1.165, 1.54) is 6.42 Å². The highest BCUT2D eigenvalue weighted by Gasteiger charge is 2.09. The molecule has 1 aromatic carbocycles. The van der Waals surface area contributed by atoms with Crippen LogP contribution in [0.1, 0.15) is 19.3 Å². The predicted molar refractivity (Wildman–Crippen MR) is 102 cm³/mol. The van der Waals surface area contributed by atoms with Gasteiger partial charge < -0.3 is 20.5 Å². The van der Waals surface area contributed by atoms with Gasteiger partial charge in [-0.1, -0.05) is 12.2 Å². The molecule has 0 bridgehead atoms. The first-order valence-corrected chi connectivity index (χ1v) is 7.17. The normalized spacial score (nSPS) is 17.5. The zero-order valence-electron chi connectivity index (χ0n) is 13.0. The second-order valence-corrected chi connectivity index (χ2v) is 5.07. The Kier molecular flexibility index (Phi) is 8.08. The molecule has 3 N–H and O–H groups in total. The molecule has 1 aliphatic carbocycles. The lowest BCUT2D eigenvalue weighted by atomic mass is 9.95. The first-order chi connectivity index (χ1) is 10.2. The van der Waals surface area contributed by atoms with Gasteiger partial charge in [0.1, 0.15) is 0 Å². The van der Waals surface area contributed by atoms with Gasteiger partial charge in [0.05, 0.1) is 14.2 Å². The van der Waals surface area contributed by atoms with Gasteiger partial charge in [-0.2, -0.15) is 0 Å². The van der Waals surface area contributed by atoms with Gasteiger partial charge in [0.15, 0.2) is 17.5 Å². The van der Waals surface area contributed by atoms with Crippen molar-refractivity contribution in [2.24, 2.45) is 16.6 Å². The van der Waals surface area contributed by atoms with E-state index in [2.05, 4.69) is 22.5 Å². The van der Waals surface area contributed by atoms with E-state index in [1.54, 1.807) is 14.2 Å². The predicted octanol–water partition coefficient (Wildman–Crippen LogP) is 3.40. The average molecular weight is 417 g/mol. The molecule has 0 saturated carbocycles. The summed E-state index contributed by atoms with van der Waals surface area (Å²) in [5, 5.41) is 3.08. The van der Waals surface area contributed by atoms with Gasteiger partial charge in [-0.05, 0) is 37.3 Å². The molecule has 0 fully saturated rings. The number of benzene rings is 1. The first kappa shape index (κ1) is 18.6. The van der Waals surface area contributed by atoms with E-state index in [0.717, 1.165) is 25.1 Å². The van der Waals surface area contributed by atoms with Crippen molar-refractivity contribution in [2.75, 3.05) is 26.1 Å². The Balaban J connectivity index is 0.00000242. The molecule has 6 heteroatoms. The molecule has 122 valence electrons. The van der Waals surface area contributed by atoms with Crippen molar-refractivity contribution in [3.63, 3.8) is 0 Å². The van der Waals surface area contributed by atoms with Crippen molar-refractivity contribution >= 4 is 35.6 Å². The van der Waals surface area contributed by atoms with Crippen LogP contribution in [0.25, 0.3) is 0 Å². The smallest absolute Gasteiger partial charge is 0.193 e. The van der Waals surface area contributed by atoms with Gasteiger partial charge in [-0.25, -0.2) is 0 Å². The second-order valence-electron chi connectivity index (χ2n) is 5.07. The zero-order chi connectivity index (χ0) is 15.1. The Morgan fingerprint density at radius 1 is 1.27 bits per heavy atom. The molecule has 0 heterocycles. The minimum absolute atomic E-state index is 0. The van der Waals surface area contributed by atoms with Crippen LogP contribution in [-0.2, 0) is 0 Å². The van der Waals surface area contributed by atoms with E-state index in [-0.39, 0.29) is 24.0 Å². The molecule has 0 aliphatic heterocycles. The molecule has 1 aromatic rings. The lowest BCUT2D eigenvalue weighted by Gasteiger charge is -2.15. The maximum Gasteiger partial charge on any atom is 0.193 e. The van der Waals surface area contributed by atoms with Crippen LogP contribution >= 0.6 is 24.0 Å². The molecular weight excluding hydrogens is 393 g/mol. The van der Waals surface area contributed by atoms with E-state index in [9.17, 15) is 0 Å². The van der Waals surface area contributed by atoms with Gasteiger partial charge in [-0.3, -0.25) is 4.99 Å². The van der Waals surface area contributed by atoms with E-state index >= 15 is 0 Å². The van der Waals surface area contributed by atoms with Crippen molar-refractivity contribution in [3.8, 4) is 11.5 Å². The number of allylic oxidation sites excluding steroid dienone is 2. The van der Waals surface area contributed by atoms with Crippen LogP contribution in [-0.4, -0.2) is 26.7 Å². The highest BCUT2D eigenvalue weighted by Crippen LogP contribution is 2.29. The zero-order valence-corrected chi connectivity index (χ0v) is 15.4. The standard InChI is InChI=1S/C16H23N3O2.HI/c1-20-14-9-8-13(10-15(14)21-2)19-16(17)18-11-12-6-4-3-5-7-12;/h3-4,8-10,12H,5-7,11H2,1-2H3,(H3,17,18,19);1H. The van der Waals surface area contributed by atoms with Crippen molar-refractivity contribution in [1.82, 2.24) is 0 Å². The first-order valence-electron chi connectivity index (χ1n) is 7.17. The third-order valence-corrected chi connectivity index (χ3v) is 3.55. The Morgan fingerprint density at radius 3 is 2.68 bits per heavy atom. The molecule has 1 aliphatic rings. The summed E-state index contributed by atoms with van der Waals surface area (Å²) in [7, 11) is 3.22. The monoisotopic (exact) mass is 417 g/mol. The number of rotatable bonds is 5. The third kappa shape index (κ3) is 5.40. The number of anilines is 1. The number of ether oxygens (including phenoxy) is 2. The lowest BCUT2D eigenvalue weighted by Crippen LogP contribution is -2.24. The third-order valence-electron chi connectivity index (χ3n) is 3.55. The molecule has 1 atom stereocenters. The molecule has 0 saturated heterocycles. The van der Waals surface area contributed by atoms with Gasteiger partial charge in [0.25, 0.3) is 0 Å². The molecule has 22 heavy (non-hydrogen) atoms. The fourth-order valence-corrected chi connectivity index (χ4v) is 2.35. The number of nitrogens with one attached hydrogen (secondary N) is 1. The maximum absolute atomic E-state index is 5.93. The van der Waals surface area contributed by atoms with E-state index in [0.29, 0.717) is 23.4 Å². The van der Waals surface area contributed by atoms with Crippen LogP contribution in [0.4, 0.5) is 5.69 Å². The van der Waals surface area contributed by atoms with Crippen LogP contribution in [0.2, 0.25) is 0 Å². The van der Waals surface area contributed by atoms with Crippen molar-refractivity contribution < 1.29 is 9.47 Å². The SMILES string of the molecule is COc1ccc(NC(N)=NCC2CC=CCC2)cc1OC.I. The molecule has 2 rings (SSSR count). The highest BCUT2D eigenvalue weighted by atomic mass is 127. The van der Waals surface area contributed by atoms with Crippen LogP contribution < -0.4 is 20.5 Å². The highest BCUT2D eigenvalue weighted by molar-refractivity contribution is 14.0. The number of hydrogen-bond donors (Lipinski definition) is 2. The van der Waals surface area contributed by atoms with E-state index in [4.69, 9.17) is 15.2 Å². The van der Waals surface area contributed by atoms with Crippen molar-refractivity contribution in [1.29, 1.82) is 0 Å². The Labute approximate surface area is 149 Å².